The molecule has 0 saturated heterocycles. The van der Waals surface area contributed by atoms with Gasteiger partial charge in [0, 0.05) is 23.4 Å². The molecule has 0 saturated carbocycles. The summed E-state index contributed by atoms with van der Waals surface area (Å²) in [6.07, 6.45) is 0.769. The van der Waals surface area contributed by atoms with Gasteiger partial charge in [0.1, 0.15) is 5.75 Å². The molecule has 10 heteroatoms. The minimum atomic E-state index is -3.77. The number of rotatable bonds is 9. The maximum Gasteiger partial charge on any atom is 0.261 e. The number of aryl methyl sites for hydroxylation is 2. The SMILES string of the molecule is Cc1cc(C)cc(NS(=O)(=O)c2ccc(NC(=S)NC(=O)c3ccc(OCCc4ccccc4)c(Br)c3)cc2)c1. The van der Waals surface area contributed by atoms with E-state index in [2.05, 4.69) is 31.3 Å². The standard InChI is InChI=1S/C30H28BrN3O4S2/c1-20-16-21(2)18-25(17-20)34-40(36,37)26-11-9-24(10-12-26)32-30(39)33-29(35)23-8-13-28(27(31)19-23)38-15-14-22-6-4-3-5-7-22/h3-13,16-19,34H,14-15H2,1-2H3,(H2,32,33,35,39). The van der Waals surface area contributed by atoms with Crippen LogP contribution < -0.4 is 20.1 Å². The van der Waals surface area contributed by atoms with Gasteiger partial charge in [-0.3, -0.25) is 14.8 Å². The summed E-state index contributed by atoms with van der Waals surface area (Å²) in [5.74, 6) is 0.237. The Labute approximate surface area is 248 Å². The van der Waals surface area contributed by atoms with E-state index in [1.165, 1.54) is 17.7 Å². The Kier molecular flexibility index (Phi) is 9.57. The van der Waals surface area contributed by atoms with Gasteiger partial charge in [0.2, 0.25) is 0 Å². The lowest BCUT2D eigenvalue weighted by Crippen LogP contribution is -2.34. The number of carbonyl (C=O) groups is 1. The highest BCUT2D eigenvalue weighted by Crippen LogP contribution is 2.26. The smallest absolute Gasteiger partial charge is 0.261 e. The summed E-state index contributed by atoms with van der Waals surface area (Å²) in [6.45, 7) is 4.32. The van der Waals surface area contributed by atoms with Crippen LogP contribution in [0.15, 0.2) is 100 Å². The molecule has 0 atom stereocenters. The van der Waals surface area contributed by atoms with Gasteiger partial charge in [-0.2, -0.15) is 0 Å². The number of thiocarbonyl (C=S) groups is 1. The van der Waals surface area contributed by atoms with Crippen LogP contribution in [-0.2, 0) is 16.4 Å². The number of carbonyl (C=O) groups excluding carboxylic acids is 1. The lowest BCUT2D eigenvalue weighted by molar-refractivity contribution is 0.0977. The largest absolute Gasteiger partial charge is 0.492 e. The summed E-state index contributed by atoms with van der Waals surface area (Å²) < 4.78 is 34.7. The first kappa shape index (κ1) is 29.3. The van der Waals surface area contributed by atoms with Gasteiger partial charge in [0.05, 0.1) is 16.0 Å². The predicted molar refractivity (Wildman–Crippen MR) is 167 cm³/mol. The summed E-state index contributed by atoms with van der Waals surface area (Å²) in [7, 11) is -3.77. The van der Waals surface area contributed by atoms with Crippen molar-refractivity contribution in [1.82, 2.24) is 5.32 Å². The average molecular weight is 639 g/mol. The fourth-order valence-corrected chi connectivity index (χ4v) is 5.73. The summed E-state index contributed by atoms with van der Waals surface area (Å²) >= 11 is 8.75. The summed E-state index contributed by atoms with van der Waals surface area (Å²) in [5, 5.41) is 5.61. The molecule has 0 heterocycles. The van der Waals surface area contributed by atoms with Crippen LogP contribution in [0.4, 0.5) is 11.4 Å². The third kappa shape index (κ3) is 8.14. The van der Waals surface area contributed by atoms with Crippen molar-refractivity contribution in [1.29, 1.82) is 0 Å². The molecule has 0 aliphatic heterocycles. The number of anilines is 2. The summed E-state index contributed by atoms with van der Waals surface area (Å²) in [6, 6.07) is 26.7. The van der Waals surface area contributed by atoms with Crippen LogP contribution in [0.5, 0.6) is 5.75 Å². The van der Waals surface area contributed by atoms with Crippen molar-refractivity contribution < 1.29 is 17.9 Å². The summed E-state index contributed by atoms with van der Waals surface area (Å²) in [4.78, 5) is 12.8. The highest BCUT2D eigenvalue weighted by Gasteiger charge is 2.15. The van der Waals surface area contributed by atoms with Crippen molar-refractivity contribution in [2.45, 2.75) is 25.2 Å². The number of ether oxygens (including phenoxy) is 1. The molecule has 40 heavy (non-hydrogen) atoms. The Bertz CT molecular complexity index is 1610. The zero-order valence-corrected chi connectivity index (χ0v) is 25.1. The molecule has 4 aromatic carbocycles. The Morgan fingerprint density at radius 2 is 1.55 bits per heavy atom. The predicted octanol–water partition coefficient (Wildman–Crippen LogP) is 6.62. The second-order valence-corrected chi connectivity index (χ2v) is 12.1. The zero-order chi connectivity index (χ0) is 28.7. The van der Waals surface area contributed by atoms with E-state index in [-0.39, 0.29) is 10.0 Å². The van der Waals surface area contributed by atoms with E-state index < -0.39 is 15.9 Å². The van der Waals surface area contributed by atoms with E-state index in [4.69, 9.17) is 17.0 Å². The highest BCUT2D eigenvalue weighted by molar-refractivity contribution is 9.10. The number of amides is 1. The topological polar surface area (TPSA) is 96.5 Å². The third-order valence-corrected chi connectivity index (χ3v) is 8.03. The van der Waals surface area contributed by atoms with E-state index in [0.717, 1.165) is 17.5 Å². The third-order valence-electron chi connectivity index (χ3n) is 5.81. The van der Waals surface area contributed by atoms with E-state index in [0.29, 0.717) is 33.8 Å². The Hall–Kier alpha value is -3.73. The number of sulfonamides is 1. The van der Waals surface area contributed by atoms with E-state index in [1.54, 1.807) is 42.5 Å². The van der Waals surface area contributed by atoms with Crippen LogP contribution in [0.3, 0.4) is 0 Å². The molecule has 7 nitrogen and oxygen atoms in total. The quantitative estimate of drug-likeness (QED) is 0.179. The molecule has 0 radical (unpaired) electrons. The molecule has 3 N–H and O–H groups in total. The van der Waals surface area contributed by atoms with E-state index in [9.17, 15) is 13.2 Å². The molecule has 0 aromatic heterocycles. The molecular formula is C30H28BrN3O4S2. The van der Waals surface area contributed by atoms with Crippen molar-refractivity contribution in [2.75, 3.05) is 16.6 Å². The molecule has 0 aliphatic carbocycles. The van der Waals surface area contributed by atoms with Crippen LogP contribution in [0.25, 0.3) is 0 Å². The van der Waals surface area contributed by atoms with Gasteiger partial charge < -0.3 is 10.1 Å². The van der Waals surface area contributed by atoms with Crippen molar-refractivity contribution >= 4 is 60.6 Å². The number of halogens is 1. The fourth-order valence-electron chi connectivity index (χ4n) is 3.99. The zero-order valence-electron chi connectivity index (χ0n) is 21.9. The van der Waals surface area contributed by atoms with Crippen LogP contribution in [-0.4, -0.2) is 26.0 Å². The number of nitrogens with one attached hydrogen (secondary N) is 3. The number of hydrogen-bond donors (Lipinski definition) is 3. The van der Waals surface area contributed by atoms with Gasteiger partial charge in [0.25, 0.3) is 15.9 Å². The fraction of sp³-hybridized carbons (Fsp3) is 0.133. The molecule has 0 spiro atoms. The molecule has 4 rings (SSSR count). The van der Waals surface area contributed by atoms with E-state index in [1.807, 2.05) is 50.2 Å². The molecule has 1 amide bonds. The van der Waals surface area contributed by atoms with Gasteiger partial charge in [-0.25, -0.2) is 8.42 Å². The second-order valence-electron chi connectivity index (χ2n) is 9.14. The Balaban J connectivity index is 1.30. The van der Waals surface area contributed by atoms with Crippen molar-refractivity contribution in [2.24, 2.45) is 0 Å². The first-order valence-electron chi connectivity index (χ1n) is 12.4. The van der Waals surface area contributed by atoms with Crippen molar-refractivity contribution in [3.8, 4) is 5.75 Å². The highest BCUT2D eigenvalue weighted by atomic mass is 79.9. The van der Waals surface area contributed by atoms with Crippen LogP contribution in [0.2, 0.25) is 0 Å². The van der Waals surface area contributed by atoms with Gasteiger partial charge in [-0.1, -0.05) is 36.4 Å². The second kappa shape index (κ2) is 13.1. The molecule has 4 aromatic rings. The lowest BCUT2D eigenvalue weighted by Gasteiger charge is -2.13. The van der Waals surface area contributed by atoms with Crippen LogP contribution >= 0.6 is 28.1 Å². The van der Waals surface area contributed by atoms with Gasteiger partial charge in [-0.05, 0) is 113 Å². The lowest BCUT2D eigenvalue weighted by atomic mass is 10.1. The van der Waals surface area contributed by atoms with E-state index >= 15 is 0 Å². The monoisotopic (exact) mass is 637 g/mol. The minimum Gasteiger partial charge on any atom is -0.492 e. The Morgan fingerprint density at radius 1 is 0.875 bits per heavy atom. The van der Waals surface area contributed by atoms with Gasteiger partial charge in [-0.15, -0.1) is 0 Å². The summed E-state index contributed by atoms with van der Waals surface area (Å²) in [5.41, 5.74) is 4.53. The van der Waals surface area contributed by atoms with Crippen molar-refractivity contribution in [3.63, 3.8) is 0 Å². The minimum absolute atomic E-state index is 0.0771. The molecular weight excluding hydrogens is 610 g/mol. The first-order chi connectivity index (χ1) is 19.1. The first-order valence-corrected chi connectivity index (χ1v) is 15.1. The van der Waals surface area contributed by atoms with Gasteiger partial charge in [0.15, 0.2) is 5.11 Å². The maximum atomic E-state index is 12.8. The van der Waals surface area contributed by atoms with Crippen molar-refractivity contribution in [3.05, 3.63) is 118 Å². The molecule has 0 bridgehead atoms. The maximum absolute atomic E-state index is 12.8. The Morgan fingerprint density at radius 3 is 2.20 bits per heavy atom. The molecule has 206 valence electrons. The number of hydrogen-bond acceptors (Lipinski definition) is 5. The normalized spacial score (nSPS) is 11.0. The van der Waals surface area contributed by atoms with Gasteiger partial charge >= 0.3 is 0 Å². The average Bonchev–Trinajstić information content (AvgIpc) is 2.89. The molecule has 0 unspecified atom stereocenters. The number of benzene rings is 4. The molecule has 0 aliphatic rings. The molecule has 0 fully saturated rings. The van der Waals surface area contributed by atoms with Crippen LogP contribution in [0.1, 0.15) is 27.0 Å². The van der Waals surface area contributed by atoms with Crippen LogP contribution in [0, 0.1) is 13.8 Å².